The molecule has 4 aromatic rings. The van der Waals surface area contributed by atoms with Gasteiger partial charge < -0.3 is 14.2 Å². The van der Waals surface area contributed by atoms with Crippen molar-refractivity contribution in [3.05, 3.63) is 60.2 Å². The predicted molar refractivity (Wildman–Crippen MR) is 90.4 cm³/mol. The summed E-state index contributed by atoms with van der Waals surface area (Å²) < 4.78 is 4.26. The van der Waals surface area contributed by atoms with Gasteiger partial charge in [-0.2, -0.15) is 0 Å². The minimum absolute atomic E-state index is 0.0943. The Kier molecular flexibility index (Phi) is 3.35. The number of imidazole rings is 2. The van der Waals surface area contributed by atoms with Crippen molar-refractivity contribution < 1.29 is 5.11 Å². The van der Waals surface area contributed by atoms with Gasteiger partial charge in [0.1, 0.15) is 11.6 Å². The van der Waals surface area contributed by atoms with Crippen LogP contribution >= 0.6 is 0 Å². The quantitative estimate of drug-likeness (QED) is 0.631. The molecule has 0 saturated heterocycles. The van der Waals surface area contributed by atoms with Crippen LogP contribution in [0.25, 0.3) is 22.1 Å². The van der Waals surface area contributed by atoms with Gasteiger partial charge in [0.05, 0.1) is 35.2 Å². The number of hydrogen-bond acceptors (Lipinski definition) is 3. The smallest absolute Gasteiger partial charge is 0.130 e. The van der Waals surface area contributed by atoms with Crippen LogP contribution in [0.4, 0.5) is 0 Å². The lowest BCUT2D eigenvalue weighted by atomic mass is 10.3. The van der Waals surface area contributed by atoms with Gasteiger partial charge in [0.15, 0.2) is 0 Å². The van der Waals surface area contributed by atoms with Crippen molar-refractivity contribution in [1.29, 1.82) is 0 Å². The molecule has 0 spiro atoms. The number of aromatic nitrogens is 4. The average Bonchev–Trinajstić information content (AvgIpc) is 3.07. The Balaban J connectivity index is 1.86. The Bertz CT molecular complexity index is 983. The highest BCUT2D eigenvalue weighted by molar-refractivity contribution is 5.77. The molecule has 0 radical (unpaired) electrons. The number of benzene rings is 2. The molecule has 2 aromatic heterocycles. The molecule has 0 amide bonds. The first kappa shape index (κ1) is 14.0. The lowest BCUT2D eigenvalue weighted by Crippen LogP contribution is -2.11. The first-order valence-corrected chi connectivity index (χ1v) is 7.75. The van der Waals surface area contributed by atoms with Gasteiger partial charge in [-0.3, -0.25) is 0 Å². The van der Waals surface area contributed by atoms with Crippen LogP contribution in [-0.2, 0) is 13.1 Å². The van der Waals surface area contributed by atoms with E-state index in [2.05, 4.69) is 20.2 Å². The molecule has 0 atom stereocenters. The topological polar surface area (TPSA) is 55.9 Å². The first-order valence-electron chi connectivity index (χ1n) is 7.75. The lowest BCUT2D eigenvalue weighted by Gasteiger charge is -2.10. The molecule has 5 nitrogen and oxygen atoms in total. The van der Waals surface area contributed by atoms with Gasteiger partial charge in [-0.15, -0.1) is 0 Å². The number of aliphatic hydroxyl groups excluding tert-OH is 1. The third kappa shape index (κ3) is 2.29. The minimum atomic E-state index is 0.0943. The summed E-state index contributed by atoms with van der Waals surface area (Å²) >= 11 is 0. The van der Waals surface area contributed by atoms with Crippen LogP contribution in [0.15, 0.2) is 48.5 Å². The van der Waals surface area contributed by atoms with E-state index in [0.717, 1.165) is 33.7 Å². The van der Waals surface area contributed by atoms with E-state index in [0.29, 0.717) is 13.1 Å². The maximum absolute atomic E-state index is 9.41. The van der Waals surface area contributed by atoms with Crippen molar-refractivity contribution in [3.8, 4) is 0 Å². The summed E-state index contributed by atoms with van der Waals surface area (Å²) in [5, 5.41) is 9.41. The Hall–Kier alpha value is -2.66. The largest absolute Gasteiger partial charge is 0.395 e. The molecule has 23 heavy (non-hydrogen) atoms. The number of aryl methyl sites for hydroxylation is 1. The van der Waals surface area contributed by atoms with E-state index >= 15 is 0 Å². The average molecular weight is 306 g/mol. The number of nitrogens with zero attached hydrogens (tertiary/aromatic N) is 4. The molecule has 5 heteroatoms. The van der Waals surface area contributed by atoms with Crippen molar-refractivity contribution in [1.82, 2.24) is 19.1 Å². The van der Waals surface area contributed by atoms with Crippen molar-refractivity contribution in [2.45, 2.75) is 20.0 Å². The van der Waals surface area contributed by atoms with Crippen molar-refractivity contribution in [3.63, 3.8) is 0 Å². The summed E-state index contributed by atoms with van der Waals surface area (Å²) in [6.45, 7) is 3.29. The third-order valence-corrected chi connectivity index (χ3v) is 4.20. The Labute approximate surface area is 133 Å². The SMILES string of the molecule is Cc1nc2ccccc2n1Cc1nc2ccccc2n1CCO. The van der Waals surface area contributed by atoms with Crippen LogP contribution in [0.3, 0.4) is 0 Å². The molecule has 0 aliphatic carbocycles. The van der Waals surface area contributed by atoms with Gasteiger partial charge in [0, 0.05) is 6.54 Å². The van der Waals surface area contributed by atoms with Crippen LogP contribution in [0.2, 0.25) is 0 Å². The Morgan fingerprint density at radius 3 is 2.17 bits per heavy atom. The molecule has 0 saturated carbocycles. The minimum Gasteiger partial charge on any atom is -0.395 e. The zero-order valence-electron chi connectivity index (χ0n) is 13.0. The molecular formula is C18H18N4O. The summed E-state index contributed by atoms with van der Waals surface area (Å²) in [5.41, 5.74) is 4.11. The summed E-state index contributed by atoms with van der Waals surface area (Å²) in [6.07, 6.45) is 0. The van der Waals surface area contributed by atoms with Gasteiger partial charge in [-0.25, -0.2) is 9.97 Å². The van der Waals surface area contributed by atoms with Crippen LogP contribution in [0.1, 0.15) is 11.6 Å². The second kappa shape index (κ2) is 5.52. The molecule has 0 unspecified atom stereocenters. The molecule has 0 bridgehead atoms. The van der Waals surface area contributed by atoms with E-state index in [4.69, 9.17) is 4.98 Å². The molecule has 1 N–H and O–H groups in total. The molecule has 2 aromatic carbocycles. The van der Waals surface area contributed by atoms with Crippen molar-refractivity contribution >= 4 is 22.1 Å². The summed E-state index contributed by atoms with van der Waals surface area (Å²) in [4.78, 5) is 9.37. The second-order valence-electron chi connectivity index (χ2n) is 5.63. The fourth-order valence-corrected chi connectivity index (χ4v) is 3.13. The molecular weight excluding hydrogens is 288 g/mol. The molecule has 4 rings (SSSR count). The fraction of sp³-hybridized carbons (Fsp3) is 0.222. The highest BCUT2D eigenvalue weighted by atomic mass is 16.3. The summed E-state index contributed by atoms with van der Waals surface area (Å²) in [6, 6.07) is 16.2. The zero-order valence-corrected chi connectivity index (χ0v) is 13.0. The van der Waals surface area contributed by atoms with Crippen molar-refractivity contribution in [2.24, 2.45) is 0 Å². The lowest BCUT2D eigenvalue weighted by molar-refractivity contribution is 0.275. The number of aliphatic hydroxyl groups is 1. The van der Waals surface area contributed by atoms with E-state index in [-0.39, 0.29) is 6.61 Å². The molecule has 0 fully saturated rings. The monoisotopic (exact) mass is 306 g/mol. The highest BCUT2D eigenvalue weighted by Gasteiger charge is 2.13. The maximum atomic E-state index is 9.41. The van der Waals surface area contributed by atoms with Crippen LogP contribution in [0, 0.1) is 6.92 Å². The Morgan fingerprint density at radius 2 is 1.48 bits per heavy atom. The van der Waals surface area contributed by atoms with E-state index < -0.39 is 0 Å². The molecule has 2 heterocycles. The second-order valence-corrected chi connectivity index (χ2v) is 5.63. The molecule has 116 valence electrons. The van der Waals surface area contributed by atoms with E-state index in [1.54, 1.807) is 0 Å². The molecule has 0 aliphatic heterocycles. The van der Waals surface area contributed by atoms with Crippen LogP contribution in [-0.4, -0.2) is 30.8 Å². The number of hydrogen-bond donors (Lipinski definition) is 1. The van der Waals surface area contributed by atoms with Gasteiger partial charge in [0.2, 0.25) is 0 Å². The standard InChI is InChI=1S/C18H18N4O/c1-13-19-14-6-2-5-9-17(14)22(13)12-18-20-15-7-3-4-8-16(15)21(18)10-11-23/h2-9,23H,10-12H2,1H3. The van der Waals surface area contributed by atoms with Crippen molar-refractivity contribution in [2.75, 3.05) is 6.61 Å². The van der Waals surface area contributed by atoms with E-state index in [1.807, 2.05) is 49.4 Å². The van der Waals surface area contributed by atoms with Gasteiger partial charge >= 0.3 is 0 Å². The molecule has 0 aliphatic rings. The maximum Gasteiger partial charge on any atom is 0.130 e. The van der Waals surface area contributed by atoms with Gasteiger partial charge in [-0.05, 0) is 31.2 Å². The number of rotatable bonds is 4. The predicted octanol–water partition coefficient (Wildman–Crippen LogP) is 2.74. The fourth-order valence-electron chi connectivity index (χ4n) is 3.13. The number of para-hydroxylation sites is 4. The first-order chi connectivity index (χ1) is 11.3. The van der Waals surface area contributed by atoms with Gasteiger partial charge in [0.25, 0.3) is 0 Å². The Morgan fingerprint density at radius 1 is 0.870 bits per heavy atom. The third-order valence-electron chi connectivity index (χ3n) is 4.20. The van der Waals surface area contributed by atoms with Gasteiger partial charge in [-0.1, -0.05) is 24.3 Å². The summed E-state index contributed by atoms with van der Waals surface area (Å²) in [7, 11) is 0. The number of fused-ring (bicyclic) bond motifs is 2. The van der Waals surface area contributed by atoms with E-state index in [9.17, 15) is 5.11 Å². The van der Waals surface area contributed by atoms with Crippen LogP contribution < -0.4 is 0 Å². The summed E-state index contributed by atoms with van der Waals surface area (Å²) in [5.74, 6) is 1.90. The van der Waals surface area contributed by atoms with Crippen LogP contribution in [0.5, 0.6) is 0 Å². The normalized spacial score (nSPS) is 11.6. The zero-order chi connectivity index (χ0) is 15.8. The van der Waals surface area contributed by atoms with E-state index in [1.165, 1.54) is 0 Å². The highest BCUT2D eigenvalue weighted by Crippen LogP contribution is 2.20.